The van der Waals surface area contributed by atoms with Crippen LogP contribution in [0.15, 0.2) is 0 Å². The van der Waals surface area contributed by atoms with Crippen molar-refractivity contribution in [1.29, 1.82) is 0 Å². The largest absolute Gasteiger partial charge is 0.393 e. The summed E-state index contributed by atoms with van der Waals surface area (Å²) < 4.78 is 0. The van der Waals surface area contributed by atoms with Crippen LogP contribution in [-0.4, -0.2) is 44.8 Å². The molecule has 0 saturated carbocycles. The van der Waals surface area contributed by atoms with Gasteiger partial charge in [-0.25, -0.2) is 0 Å². The molecule has 22 heavy (non-hydrogen) atoms. The van der Waals surface area contributed by atoms with E-state index < -0.39 is 0 Å². The molecule has 0 aliphatic rings. The molecule has 0 aromatic heterocycles. The van der Waals surface area contributed by atoms with Gasteiger partial charge >= 0.3 is 0 Å². The zero-order valence-electron chi connectivity index (χ0n) is 15.2. The zero-order valence-corrected chi connectivity index (χ0v) is 15.2. The van der Waals surface area contributed by atoms with Gasteiger partial charge in [-0.15, -0.1) is 0 Å². The zero-order chi connectivity index (χ0) is 17.4. The summed E-state index contributed by atoms with van der Waals surface area (Å²) in [5.41, 5.74) is 0. The third-order valence-electron chi connectivity index (χ3n) is 4.03. The van der Waals surface area contributed by atoms with Crippen molar-refractivity contribution in [2.24, 2.45) is 0 Å². The molecule has 4 unspecified atom stereocenters. The van der Waals surface area contributed by atoms with Crippen molar-refractivity contribution in [3.8, 4) is 0 Å². The predicted molar refractivity (Wildman–Crippen MR) is 92.9 cm³/mol. The molecule has 0 fully saturated rings. The fourth-order valence-electron chi connectivity index (χ4n) is 1.99. The van der Waals surface area contributed by atoms with E-state index in [-0.39, 0.29) is 24.4 Å². The Hall–Kier alpha value is -0.160. The van der Waals surface area contributed by atoms with Crippen molar-refractivity contribution < 1.29 is 20.4 Å². The number of rotatable bonds is 12. The van der Waals surface area contributed by atoms with Crippen LogP contribution in [0, 0.1) is 0 Å². The lowest BCUT2D eigenvalue weighted by Gasteiger charge is -2.09. The molecule has 136 valence electrons. The van der Waals surface area contributed by atoms with E-state index in [0.29, 0.717) is 0 Å². The van der Waals surface area contributed by atoms with Gasteiger partial charge in [0.05, 0.1) is 24.4 Å². The van der Waals surface area contributed by atoms with Gasteiger partial charge in [0.15, 0.2) is 0 Å². The Labute approximate surface area is 137 Å². The Bertz CT molecular complexity index is 169. The van der Waals surface area contributed by atoms with Gasteiger partial charge in [0, 0.05) is 0 Å². The maximum absolute atomic E-state index is 9.16. The summed E-state index contributed by atoms with van der Waals surface area (Å²) in [5.74, 6) is 0. The monoisotopic (exact) mass is 320 g/mol. The Kier molecular flexibility index (Phi) is 18.8. The van der Waals surface area contributed by atoms with Crippen molar-refractivity contribution in [2.75, 3.05) is 0 Å². The lowest BCUT2D eigenvalue weighted by Crippen LogP contribution is -2.08. The fourth-order valence-corrected chi connectivity index (χ4v) is 1.99. The van der Waals surface area contributed by atoms with Crippen LogP contribution >= 0.6 is 0 Å². The van der Waals surface area contributed by atoms with E-state index in [4.69, 9.17) is 20.4 Å². The SMILES string of the molecule is CCC(O)CCCC(O)CC.CCC(O)CCCC(O)CC. The summed E-state index contributed by atoms with van der Waals surface area (Å²) in [6.07, 6.45) is 7.79. The molecule has 0 aliphatic heterocycles. The van der Waals surface area contributed by atoms with Gasteiger partial charge in [0.1, 0.15) is 0 Å². The van der Waals surface area contributed by atoms with Crippen LogP contribution in [0.5, 0.6) is 0 Å². The van der Waals surface area contributed by atoms with Gasteiger partial charge in [-0.3, -0.25) is 0 Å². The Morgan fingerprint density at radius 2 is 0.636 bits per heavy atom. The summed E-state index contributed by atoms with van der Waals surface area (Å²) in [7, 11) is 0. The molecular formula is C18H40O4. The highest BCUT2D eigenvalue weighted by Gasteiger charge is 2.04. The number of hydrogen-bond acceptors (Lipinski definition) is 4. The Balaban J connectivity index is 0. The van der Waals surface area contributed by atoms with Crippen molar-refractivity contribution in [2.45, 2.75) is 116 Å². The first kappa shape index (κ1) is 24.1. The van der Waals surface area contributed by atoms with Gasteiger partial charge < -0.3 is 20.4 Å². The summed E-state index contributed by atoms with van der Waals surface area (Å²) in [5, 5.41) is 36.6. The van der Waals surface area contributed by atoms with Gasteiger partial charge in [-0.05, 0) is 64.2 Å². The molecule has 0 aliphatic carbocycles. The molecule has 0 aromatic carbocycles. The predicted octanol–water partition coefficient (Wildman–Crippen LogP) is 3.40. The van der Waals surface area contributed by atoms with Crippen molar-refractivity contribution in [1.82, 2.24) is 0 Å². The summed E-state index contributed by atoms with van der Waals surface area (Å²) >= 11 is 0. The second-order valence-electron chi connectivity index (χ2n) is 6.11. The number of aliphatic hydroxyl groups is 4. The number of aliphatic hydroxyl groups excluding tert-OH is 4. The fraction of sp³-hybridized carbons (Fsp3) is 1.00. The summed E-state index contributed by atoms with van der Waals surface area (Å²) in [4.78, 5) is 0. The molecular weight excluding hydrogens is 280 g/mol. The van der Waals surface area contributed by atoms with Gasteiger partial charge in [0.25, 0.3) is 0 Å². The average Bonchev–Trinajstić information content (AvgIpc) is 2.54. The standard InChI is InChI=1S/2C9H20O2/c2*1-3-8(10)6-5-7-9(11)4-2/h2*8-11H,3-7H2,1-2H3. The van der Waals surface area contributed by atoms with E-state index in [1.165, 1.54) is 0 Å². The van der Waals surface area contributed by atoms with Crippen LogP contribution in [-0.2, 0) is 0 Å². The summed E-state index contributed by atoms with van der Waals surface area (Å²) in [6, 6.07) is 0. The minimum atomic E-state index is -0.168. The topological polar surface area (TPSA) is 80.9 Å². The van der Waals surface area contributed by atoms with Gasteiger partial charge in [-0.2, -0.15) is 0 Å². The molecule has 4 heteroatoms. The van der Waals surface area contributed by atoms with Crippen LogP contribution < -0.4 is 0 Å². The smallest absolute Gasteiger partial charge is 0.0537 e. The molecule has 0 amide bonds. The van der Waals surface area contributed by atoms with E-state index in [9.17, 15) is 0 Å². The van der Waals surface area contributed by atoms with Crippen LogP contribution in [0.2, 0.25) is 0 Å². The first-order valence-electron chi connectivity index (χ1n) is 9.13. The highest BCUT2D eigenvalue weighted by atomic mass is 16.3. The quantitative estimate of drug-likeness (QED) is 0.444. The molecule has 0 rings (SSSR count). The maximum atomic E-state index is 9.16. The van der Waals surface area contributed by atoms with E-state index in [2.05, 4.69) is 0 Å². The Morgan fingerprint density at radius 3 is 0.773 bits per heavy atom. The molecule has 0 saturated heterocycles. The van der Waals surface area contributed by atoms with Gasteiger partial charge in [-0.1, -0.05) is 27.7 Å². The molecule has 0 radical (unpaired) electrons. The molecule has 4 atom stereocenters. The molecule has 0 heterocycles. The lowest BCUT2D eigenvalue weighted by atomic mass is 10.1. The van der Waals surface area contributed by atoms with Crippen LogP contribution in [0.3, 0.4) is 0 Å². The van der Waals surface area contributed by atoms with Crippen molar-refractivity contribution in [3.05, 3.63) is 0 Å². The van der Waals surface area contributed by atoms with Crippen LogP contribution in [0.1, 0.15) is 91.9 Å². The van der Waals surface area contributed by atoms with E-state index in [1.54, 1.807) is 0 Å². The molecule has 4 nitrogen and oxygen atoms in total. The normalized spacial score (nSPS) is 16.4. The molecule has 0 spiro atoms. The van der Waals surface area contributed by atoms with E-state index in [0.717, 1.165) is 64.2 Å². The minimum absolute atomic E-state index is 0.168. The molecule has 4 N–H and O–H groups in total. The Morgan fingerprint density at radius 1 is 0.455 bits per heavy atom. The minimum Gasteiger partial charge on any atom is -0.393 e. The third-order valence-corrected chi connectivity index (χ3v) is 4.03. The van der Waals surface area contributed by atoms with Crippen molar-refractivity contribution in [3.63, 3.8) is 0 Å². The van der Waals surface area contributed by atoms with Crippen LogP contribution in [0.4, 0.5) is 0 Å². The second-order valence-corrected chi connectivity index (χ2v) is 6.11. The lowest BCUT2D eigenvalue weighted by molar-refractivity contribution is 0.129. The first-order chi connectivity index (χ1) is 10.4. The van der Waals surface area contributed by atoms with Crippen molar-refractivity contribution >= 4 is 0 Å². The molecule has 0 aromatic rings. The van der Waals surface area contributed by atoms with Gasteiger partial charge in [0.2, 0.25) is 0 Å². The second kappa shape index (κ2) is 17.2. The molecule has 0 bridgehead atoms. The maximum Gasteiger partial charge on any atom is 0.0537 e. The third kappa shape index (κ3) is 17.9. The average molecular weight is 321 g/mol. The van der Waals surface area contributed by atoms with Crippen LogP contribution in [0.25, 0.3) is 0 Å². The first-order valence-corrected chi connectivity index (χ1v) is 9.13. The summed E-state index contributed by atoms with van der Waals surface area (Å²) in [6.45, 7) is 7.89. The van der Waals surface area contributed by atoms with E-state index in [1.807, 2.05) is 27.7 Å². The number of hydrogen-bond donors (Lipinski definition) is 4. The van der Waals surface area contributed by atoms with E-state index >= 15 is 0 Å². The highest BCUT2D eigenvalue weighted by Crippen LogP contribution is 2.08. The highest BCUT2D eigenvalue weighted by molar-refractivity contribution is 4.57.